The van der Waals surface area contributed by atoms with Gasteiger partial charge in [0.25, 0.3) is 5.91 Å². The molecule has 2 fully saturated rings. The topological polar surface area (TPSA) is 125 Å². The van der Waals surface area contributed by atoms with Gasteiger partial charge in [-0.2, -0.15) is 4.31 Å². The van der Waals surface area contributed by atoms with Gasteiger partial charge in [-0.25, -0.2) is 18.2 Å². The normalized spacial score (nSPS) is 20.4. The van der Waals surface area contributed by atoms with Gasteiger partial charge in [-0.1, -0.05) is 78.9 Å². The van der Waals surface area contributed by atoms with Crippen molar-refractivity contribution in [3.8, 4) is 11.3 Å². The van der Waals surface area contributed by atoms with Crippen LogP contribution in [0.15, 0.2) is 102 Å². The van der Waals surface area contributed by atoms with E-state index in [-0.39, 0.29) is 42.2 Å². The van der Waals surface area contributed by atoms with E-state index >= 15 is 0 Å². The van der Waals surface area contributed by atoms with Crippen molar-refractivity contribution in [2.24, 2.45) is 0 Å². The van der Waals surface area contributed by atoms with Gasteiger partial charge in [0.1, 0.15) is 5.60 Å². The molecule has 1 aromatic heterocycles. The first-order valence-corrected chi connectivity index (χ1v) is 18.5. The lowest BCUT2D eigenvalue weighted by Crippen LogP contribution is -2.58. The Morgan fingerprint density at radius 1 is 0.920 bits per heavy atom. The van der Waals surface area contributed by atoms with Crippen molar-refractivity contribution in [3.05, 3.63) is 109 Å². The zero-order valence-electron chi connectivity index (χ0n) is 28.8. The summed E-state index contributed by atoms with van der Waals surface area (Å²) in [4.78, 5) is 36.0. The SMILES string of the molecule is CC(C)(C)OC(=O)N1CCN(C(=O)c2ncn(CC3(O)CCCN(S(=O)(=O)c4ccccc4)C3)c2-c2ccccc2)[C@H](Cc2ccccc2)C1. The Hall–Kier alpha value is -4.52. The van der Waals surface area contributed by atoms with E-state index in [0.717, 1.165) is 11.1 Å². The van der Waals surface area contributed by atoms with E-state index in [0.29, 0.717) is 44.6 Å². The number of piperazine rings is 1. The number of benzene rings is 3. The van der Waals surface area contributed by atoms with Crippen molar-refractivity contribution < 1.29 is 27.9 Å². The Morgan fingerprint density at radius 2 is 1.56 bits per heavy atom. The van der Waals surface area contributed by atoms with E-state index in [9.17, 15) is 23.1 Å². The lowest BCUT2D eigenvalue weighted by Gasteiger charge is -2.41. The zero-order valence-corrected chi connectivity index (χ0v) is 29.6. The molecule has 3 heterocycles. The predicted molar refractivity (Wildman–Crippen MR) is 190 cm³/mol. The molecule has 0 aliphatic carbocycles. The summed E-state index contributed by atoms with van der Waals surface area (Å²) >= 11 is 0. The van der Waals surface area contributed by atoms with Crippen LogP contribution in [0.25, 0.3) is 11.3 Å². The van der Waals surface area contributed by atoms with Gasteiger partial charge < -0.3 is 24.2 Å². The van der Waals surface area contributed by atoms with E-state index < -0.39 is 27.3 Å². The average Bonchev–Trinajstić information content (AvgIpc) is 3.51. The van der Waals surface area contributed by atoms with Gasteiger partial charge in [0, 0.05) is 38.3 Å². The molecule has 2 aliphatic rings. The first kappa shape index (κ1) is 35.3. The van der Waals surface area contributed by atoms with Gasteiger partial charge >= 0.3 is 6.09 Å². The highest BCUT2D eigenvalue weighted by Crippen LogP contribution is 2.32. The van der Waals surface area contributed by atoms with E-state index in [2.05, 4.69) is 4.98 Å². The van der Waals surface area contributed by atoms with E-state index in [1.54, 1.807) is 51.0 Å². The number of rotatable bonds is 8. The molecule has 4 aromatic rings. The van der Waals surface area contributed by atoms with Crippen molar-refractivity contribution in [3.63, 3.8) is 0 Å². The maximum Gasteiger partial charge on any atom is 0.410 e. The molecule has 0 bridgehead atoms. The molecule has 12 heteroatoms. The number of hydrogen-bond acceptors (Lipinski definition) is 7. The number of aliphatic hydroxyl groups is 1. The van der Waals surface area contributed by atoms with E-state index in [4.69, 9.17) is 4.74 Å². The quantitative estimate of drug-likeness (QED) is 0.272. The molecule has 50 heavy (non-hydrogen) atoms. The molecule has 6 rings (SSSR count). The van der Waals surface area contributed by atoms with Gasteiger partial charge in [0.05, 0.1) is 35.1 Å². The molecule has 11 nitrogen and oxygen atoms in total. The number of piperidine rings is 1. The molecule has 0 spiro atoms. The maximum atomic E-state index is 14.6. The fourth-order valence-corrected chi connectivity index (χ4v) is 8.41. The van der Waals surface area contributed by atoms with Gasteiger partial charge in [0.2, 0.25) is 10.0 Å². The first-order valence-electron chi connectivity index (χ1n) is 17.0. The summed E-state index contributed by atoms with van der Waals surface area (Å²) in [6, 6.07) is 27.2. The van der Waals surface area contributed by atoms with Crippen LogP contribution in [0.2, 0.25) is 0 Å². The van der Waals surface area contributed by atoms with Crippen molar-refractivity contribution in [2.45, 2.75) is 68.7 Å². The molecule has 2 amide bonds. The van der Waals surface area contributed by atoms with Gasteiger partial charge in [-0.3, -0.25) is 4.79 Å². The van der Waals surface area contributed by atoms with Gasteiger partial charge in [-0.15, -0.1) is 0 Å². The van der Waals surface area contributed by atoms with Crippen LogP contribution in [0.1, 0.15) is 49.7 Å². The number of carbonyl (C=O) groups is 2. The molecular formula is C38H45N5O6S. The van der Waals surface area contributed by atoms with Crippen LogP contribution in [0.3, 0.4) is 0 Å². The molecule has 0 radical (unpaired) electrons. The van der Waals surface area contributed by atoms with Crippen LogP contribution in [0.4, 0.5) is 4.79 Å². The summed E-state index contributed by atoms with van der Waals surface area (Å²) < 4.78 is 35.8. The second kappa shape index (κ2) is 14.4. The second-order valence-electron chi connectivity index (χ2n) is 14.2. The molecule has 2 atom stereocenters. The molecule has 1 N–H and O–H groups in total. The number of amides is 2. The van der Waals surface area contributed by atoms with Crippen molar-refractivity contribution in [1.82, 2.24) is 23.7 Å². The largest absolute Gasteiger partial charge is 0.444 e. The monoisotopic (exact) mass is 699 g/mol. The van der Waals surface area contributed by atoms with Crippen LogP contribution in [0, 0.1) is 0 Å². The van der Waals surface area contributed by atoms with Crippen LogP contribution in [0.5, 0.6) is 0 Å². The Morgan fingerprint density at radius 3 is 2.22 bits per heavy atom. The predicted octanol–water partition coefficient (Wildman–Crippen LogP) is 5.07. The van der Waals surface area contributed by atoms with Crippen molar-refractivity contribution in [2.75, 3.05) is 32.7 Å². The van der Waals surface area contributed by atoms with Crippen LogP contribution in [-0.4, -0.2) is 99.1 Å². The van der Waals surface area contributed by atoms with E-state index in [1.807, 2.05) is 81.4 Å². The summed E-state index contributed by atoms with van der Waals surface area (Å²) in [6.45, 7) is 6.63. The lowest BCUT2D eigenvalue weighted by atomic mass is 9.93. The van der Waals surface area contributed by atoms with E-state index in [1.165, 1.54) is 4.31 Å². The summed E-state index contributed by atoms with van der Waals surface area (Å²) in [5, 5.41) is 11.9. The number of hydrogen-bond donors (Lipinski definition) is 1. The summed E-state index contributed by atoms with van der Waals surface area (Å²) in [5.41, 5.74) is 0.493. The molecule has 264 valence electrons. The highest BCUT2D eigenvalue weighted by atomic mass is 32.2. The minimum Gasteiger partial charge on any atom is -0.444 e. The number of imidazole rings is 1. The molecule has 3 aromatic carbocycles. The number of carbonyl (C=O) groups excluding carboxylic acids is 2. The third-order valence-corrected chi connectivity index (χ3v) is 11.0. The highest BCUT2D eigenvalue weighted by molar-refractivity contribution is 7.89. The number of ether oxygens (including phenoxy) is 1. The Labute approximate surface area is 294 Å². The van der Waals surface area contributed by atoms with Crippen molar-refractivity contribution in [1.29, 1.82) is 0 Å². The maximum absolute atomic E-state index is 14.6. The zero-order chi connectivity index (χ0) is 35.5. The minimum atomic E-state index is -3.81. The molecule has 2 aliphatic heterocycles. The number of sulfonamides is 1. The molecular weight excluding hydrogens is 655 g/mol. The fourth-order valence-electron chi connectivity index (χ4n) is 6.83. The lowest BCUT2D eigenvalue weighted by molar-refractivity contribution is -0.0216. The molecule has 0 saturated carbocycles. The third kappa shape index (κ3) is 7.93. The standard InChI is InChI=1S/C38H45N5O6S/c1-37(2,3)49-36(45)40-22-23-43(31(25-40)24-29-14-7-4-8-15-29)35(44)33-34(30-16-9-5-10-17-30)41(28-39-33)26-38(46)20-13-21-42(27-38)50(47,48)32-18-11-6-12-19-32/h4-12,14-19,28,31,46H,13,20-27H2,1-3H3/t31-,38?/m1/s1. The average molecular weight is 700 g/mol. The van der Waals surface area contributed by atoms with Gasteiger partial charge in [-0.05, 0) is 57.7 Å². The number of aromatic nitrogens is 2. The second-order valence-corrected chi connectivity index (χ2v) is 16.1. The Balaban J connectivity index is 1.30. The number of nitrogens with zero attached hydrogens (tertiary/aromatic N) is 5. The third-order valence-electron chi connectivity index (χ3n) is 9.16. The highest BCUT2D eigenvalue weighted by Gasteiger charge is 2.41. The molecule has 2 saturated heterocycles. The van der Waals surface area contributed by atoms with Crippen LogP contribution < -0.4 is 0 Å². The summed E-state index contributed by atoms with van der Waals surface area (Å²) in [5.74, 6) is -0.281. The summed E-state index contributed by atoms with van der Waals surface area (Å²) in [7, 11) is -3.81. The smallest absolute Gasteiger partial charge is 0.410 e. The number of β-amino-alcohol motifs (C(OH)–C–C–N with tert-alkyl or cyclic N) is 1. The van der Waals surface area contributed by atoms with Crippen molar-refractivity contribution >= 4 is 22.0 Å². The summed E-state index contributed by atoms with van der Waals surface area (Å²) in [6.07, 6.45) is 2.53. The fraction of sp³-hybridized carbons (Fsp3) is 0.395. The van der Waals surface area contributed by atoms with Gasteiger partial charge in [0.15, 0.2) is 5.69 Å². The Bertz CT molecular complexity index is 1900. The van der Waals surface area contributed by atoms with Crippen LogP contribution >= 0.6 is 0 Å². The Kier molecular flexibility index (Phi) is 10.2. The minimum absolute atomic E-state index is 0.0399. The first-order chi connectivity index (χ1) is 23.8. The molecule has 1 unspecified atom stereocenters. The van der Waals surface area contributed by atoms with Crippen LogP contribution in [-0.2, 0) is 27.7 Å².